The molecule has 0 aliphatic rings. The number of anilines is 1. The predicted octanol–water partition coefficient (Wildman–Crippen LogP) is 4.91. The summed E-state index contributed by atoms with van der Waals surface area (Å²) in [7, 11) is 0. The number of carbonyl (C=O) groups excluding carboxylic acids is 1. The molecular weight excluding hydrogens is 322 g/mol. The third-order valence-corrected chi connectivity index (χ3v) is 4.29. The second-order valence-electron chi connectivity index (χ2n) is 6.38. The van der Waals surface area contributed by atoms with E-state index >= 15 is 0 Å². The largest absolute Gasteiger partial charge is 0.483 e. The minimum absolute atomic E-state index is 0.00857. The zero-order chi connectivity index (χ0) is 18.4. The Morgan fingerprint density at radius 3 is 2.23 bits per heavy atom. The number of amides is 1. The zero-order valence-corrected chi connectivity index (χ0v) is 15.2. The molecule has 3 aromatic carbocycles. The van der Waals surface area contributed by atoms with Crippen LogP contribution in [0.4, 0.5) is 5.69 Å². The molecule has 0 saturated carbocycles. The molecule has 0 aliphatic heterocycles. The molecule has 3 rings (SSSR count). The van der Waals surface area contributed by atoms with E-state index in [0.29, 0.717) is 0 Å². The van der Waals surface area contributed by atoms with E-state index in [1.165, 1.54) is 5.56 Å². The molecule has 0 fully saturated rings. The Morgan fingerprint density at radius 2 is 1.50 bits per heavy atom. The third-order valence-electron chi connectivity index (χ3n) is 4.29. The van der Waals surface area contributed by atoms with Gasteiger partial charge in [-0.3, -0.25) is 4.79 Å². The van der Waals surface area contributed by atoms with Gasteiger partial charge in [0.05, 0.1) is 0 Å². The lowest BCUT2D eigenvalue weighted by Crippen LogP contribution is -2.21. The first kappa shape index (κ1) is 17.7. The van der Waals surface area contributed by atoms with Crippen molar-refractivity contribution in [2.75, 3.05) is 11.9 Å². The summed E-state index contributed by atoms with van der Waals surface area (Å²) in [5.41, 5.74) is 5.18. The Bertz CT molecular complexity index is 867. The van der Waals surface area contributed by atoms with Crippen molar-refractivity contribution in [2.24, 2.45) is 0 Å². The molecule has 0 heterocycles. The lowest BCUT2D eigenvalue weighted by atomic mass is 10.0. The van der Waals surface area contributed by atoms with Gasteiger partial charge < -0.3 is 10.1 Å². The van der Waals surface area contributed by atoms with E-state index in [-0.39, 0.29) is 12.5 Å². The van der Waals surface area contributed by atoms with Gasteiger partial charge in [0, 0.05) is 5.69 Å². The summed E-state index contributed by atoms with van der Waals surface area (Å²) in [4.78, 5) is 12.4. The molecule has 132 valence electrons. The molecule has 3 nitrogen and oxygen atoms in total. The van der Waals surface area contributed by atoms with Gasteiger partial charge in [-0.1, -0.05) is 66.7 Å². The van der Waals surface area contributed by atoms with Gasteiger partial charge in [0.1, 0.15) is 5.75 Å². The van der Waals surface area contributed by atoms with Crippen molar-refractivity contribution in [2.45, 2.75) is 20.3 Å². The Labute approximate surface area is 154 Å². The van der Waals surface area contributed by atoms with Crippen LogP contribution in [0.15, 0.2) is 72.8 Å². The first-order valence-electron chi connectivity index (χ1n) is 8.74. The first-order valence-corrected chi connectivity index (χ1v) is 8.74. The average molecular weight is 345 g/mol. The van der Waals surface area contributed by atoms with Crippen molar-refractivity contribution in [3.05, 3.63) is 95.1 Å². The van der Waals surface area contributed by atoms with Crippen molar-refractivity contribution < 1.29 is 9.53 Å². The molecule has 0 atom stereocenters. The van der Waals surface area contributed by atoms with Crippen molar-refractivity contribution in [3.63, 3.8) is 0 Å². The van der Waals surface area contributed by atoms with Crippen molar-refractivity contribution >= 4 is 11.6 Å². The molecule has 0 unspecified atom stereocenters. The van der Waals surface area contributed by atoms with Crippen LogP contribution in [0.2, 0.25) is 0 Å². The summed E-state index contributed by atoms with van der Waals surface area (Å²) in [5.74, 6) is 0.619. The van der Waals surface area contributed by atoms with Crippen LogP contribution in [0.3, 0.4) is 0 Å². The summed E-state index contributed by atoms with van der Waals surface area (Å²) >= 11 is 0. The summed E-state index contributed by atoms with van der Waals surface area (Å²) < 4.78 is 5.75. The van der Waals surface area contributed by atoms with E-state index in [9.17, 15) is 4.79 Å². The van der Waals surface area contributed by atoms with E-state index in [2.05, 4.69) is 17.4 Å². The predicted molar refractivity (Wildman–Crippen MR) is 106 cm³/mol. The summed E-state index contributed by atoms with van der Waals surface area (Å²) in [5, 5.41) is 2.98. The van der Waals surface area contributed by atoms with Gasteiger partial charge in [-0.25, -0.2) is 0 Å². The molecule has 0 radical (unpaired) electrons. The summed E-state index contributed by atoms with van der Waals surface area (Å²) in [6, 6.07) is 24.0. The number of nitrogens with one attached hydrogen (secondary N) is 1. The fourth-order valence-electron chi connectivity index (χ4n) is 2.96. The molecule has 3 heteroatoms. The molecular formula is C23H23NO2. The fourth-order valence-corrected chi connectivity index (χ4v) is 2.96. The number of rotatable bonds is 6. The van der Waals surface area contributed by atoms with E-state index in [0.717, 1.165) is 34.5 Å². The third kappa shape index (κ3) is 4.51. The highest BCUT2D eigenvalue weighted by atomic mass is 16.5. The van der Waals surface area contributed by atoms with E-state index in [1.54, 1.807) is 0 Å². The molecule has 0 aliphatic carbocycles. The number of aryl methyl sites for hydroxylation is 2. The molecule has 0 bridgehead atoms. The number of hydrogen-bond donors (Lipinski definition) is 1. The minimum Gasteiger partial charge on any atom is -0.483 e. The van der Waals surface area contributed by atoms with Gasteiger partial charge >= 0.3 is 0 Å². The van der Waals surface area contributed by atoms with Crippen LogP contribution in [-0.2, 0) is 11.2 Å². The Morgan fingerprint density at radius 1 is 0.846 bits per heavy atom. The van der Waals surface area contributed by atoms with Crippen LogP contribution >= 0.6 is 0 Å². The van der Waals surface area contributed by atoms with Crippen LogP contribution < -0.4 is 10.1 Å². The number of hydrogen-bond acceptors (Lipinski definition) is 2. The SMILES string of the molecule is Cc1cccc(C)c1OCC(=O)Nc1ccccc1Cc1ccccc1. The minimum atomic E-state index is -0.159. The Kier molecular flexibility index (Phi) is 5.69. The quantitative estimate of drug-likeness (QED) is 0.689. The molecule has 26 heavy (non-hydrogen) atoms. The van der Waals surface area contributed by atoms with E-state index in [1.807, 2.05) is 74.5 Å². The number of benzene rings is 3. The van der Waals surface area contributed by atoms with E-state index < -0.39 is 0 Å². The van der Waals surface area contributed by atoms with Gasteiger partial charge in [0.15, 0.2) is 6.61 Å². The smallest absolute Gasteiger partial charge is 0.262 e. The summed E-state index contributed by atoms with van der Waals surface area (Å²) in [6.45, 7) is 3.95. The molecule has 0 saturated heterocycles. The highest BCUT2D eigenvalue weighted by Gasteiger charge is 2.10. The Hall–Kier alpha value is -3.07. The molecule has 1 N–H and O–H groups in total. The maximum absolute atomic E-state index is 12.4. The number of ether oxygens (including phenoxy) is 1. The zero-order valence-electron chi connectivity index (χ0n) is 15.2. The molecule has 0 spiro atoms. The normalized spacial score (nSPS) is 10.4. The second kappa shape index (κ2) is 8.34. The van der Waals surface area contributed by atoms with Crippen molar-refractivity contribution in [3.8, 4) is 5.75 Å². The highest BCUT2D eigenvalue weighted by molar-refractivity contribution is 5.92. The van der Waals surface area contributed by atoms with E-state index in [4.69, 9.17) is 4.74 Å². The number of carbonyl (C=O) groups is 1. The maximum atomic E-state index is 12.4. The first-order chi connectivity index (χ1) is 12.6. The molecule has 0 aromatic heterocycles. The fraction of sp³-hybridized carbons (Fsp3) is 0.174. The highest BCUT2D eigenvalue weighted by Crippen LogP contribution is 2.23. The van der Waals surface area contributed by atoms with Crippen LogP contribution in [-0.4, -0.2) is 12.5 Å². The maximum Gasteiger partial charge on any atom is 0.262 e. The van der Waals surface area contributed by atoms with Crippen LogP contribution in [0, 0.1) is 13.8 Å². The Balaban J connectivity index is 1.66. The second-order valence-corrected chi connectivity index (χ2v) is 6.38. The topological polar surface area (TPSA) is 38.3 Å². The lowest BCUT2D eigenvalue weighted by molar-refractivity contribution is -0.118. The van der Waals surface area contributed by atoms with Gasteiger partial charge in [0.25, 0.3) is 5.91 Å². The van der Waals surface area contributed by atoms with Gasteiger partial charge in [-0.15, -0.1) is 0 Å². The monoisotopic (exact) mass is 345 g/mol. The molecule has 3 aromatic rings. The average Bonchev–Trinajstić information content (AvgIpc) is 2.64. The van der Waals surface area contributed by atoms with Crippen LogP contribution in [0.25, 0.3) is 0 Å². The van der Waals surface area contributed by atoms with Crippen molar-refractivity contribution in [1.82, 2.24) is 0 Å². The van der Waals surface area contributed by atoms with Gasteiger partial charge in [-0.05, 0) is 48.6 Å². The number of para-hydroxylation sites is 2. The van der Waals surface area contributed by atoms with Gasteiger partial charge in [0.2, 0.25) is 0 Å². The molecule has 1 amide bonds. The van der Waals surface area contributed by atoms with Gasteiger partial charge in [-0.2, -0.15) is 0 Å². The summed E-state index contributed by atoms with van der Waals surface area (Å²) in [6.07, 6.45) is 0.773. The van der Waals surface area contributed by atoms with Crippen LogP contribution in [0.1, 0.15) is 22.3 Å². The van der Waals surface area contributed by atoms with Crippen LogP contribution in [0.5, 0.6) is 5.75 Å². The lowest BCUT2D eigenvalue weighted by Gasteiger charge is -2.14. The standard InChI is InChI=1S/C23H23NO2/c1-17-9-8-10-18(2)23(17)26-16-22(25)24-21-14-7-6-13-20(21)15-19-11-4-3-5-12-19/h3-14H,15-16H2,1-2H3,(H,24,25). The van der Waals surface area contributed by atoms with Crippen molar-refractivity contribution in [1.29, 1.82) is 0 Å².